The topological polar surface area (TPSA) is 18.5 Å². The normalized spacial score (nSPS) is 10.3. The zero-order valence-corrected chi connectivity index (χ0v) is 11.1. The number of rotatable bonds is 6. The first-order valence-corrected chi connectivity index (χ1v) is 6.16. The van der Waals surface area contributed by atoms with E-state index in [0.29, 0.717) is 30.7 Å². The van der Waals surface area contributed by atoms with Gasteiger partial charge in [-0.2, -0.15) is 0 Å². The molecule has 1 aromatic carbocycles. The lowest BCUT2D eigenvalue weighted by molar-refractivity contribution is 0.111. The molecule has 0 saturated heterocycles. The van der Waals surface area contributed by atoms with Crippen LogP contribution >= 0.6 is 39.1 Å². The van der Waals surface area contributed by atoms with Crippen molar-refractivity contribution in [3.8, 4) is 5.75 Å². The summed E-state index contributed by atoms with van der Waals surface area (Å²) in [7, 11) is 0. The number of hydrogen-bond acceptors (Lipinski definition) is 2. The third-order valence-electron chi connectivity index (χ3n) is 1.60. The number of halogens is 3. The predicted octanol–water partition coefficient (Wildman–Crippen LogP) is 3.74. The van der Waals surface area contributed by atoms with E-state index >= 15 is 0 Å². The van der Waals surface area contributed by atoms with Crippen molar-refractivity contribution in [1.82, 2.24) is 0 Å². The number of alkyl halides is 1. The van der Waals surface area contributed by atoms with Crippen LogP contribution in [0.1, 0.15) is 0 Å². The van der Waals surface area contributed by atoms with E-state index in [0.717, 1.165) is 10.2 Å². The monoisotopic (exact) mass is 312 g/mol. The van der Waals surface area contributed by atoms with E-state index in [1.165, 1.54) is 0 Å². The van der Waals surface area contributed by atoms with Crippen LogP contribution in [0.15, 0.2) is 22.7 Å². The van der Waals surface area contributed by atoms with Gasteiger partial charge in [-0.15, -0.1) is 11.6 Å². The standard InChI is InChI=1S/C10H11BrCl2O2/c11-9-7-8(13)1-2-10(9)15-6-5-14-4-3-12/h1-2,7H,3-6H2. The second-order valence-corrected chi connectivity index (χ2v) is 4.39. The molecule has 5 heteroatoms. The molecule has 0 radical (unpaired) electrons. The lowest BCUT2D eigenvalue weighted by atomic mass is 10.3. The molecule has 2 nitrogen and oxygen atoms in total. The molecule has 1 rings (SSSR count). The van der Waals surface area contributed by atoms with Gasteiger partial charge >= 0.3 is 0 Å². The van der Waals surface area contributed by atoms with E-state index in [-0.39, 0.29) is 0 Å². The van der Waals surface area contributed by atoms with Gasteiger partial charge in [0.05, 0.1) is 17.7 Å². The number of ether oxygens (including phenoxy) is 2. The Morgan fingerprint density at radius 3 is 2.67 bits per heavy atom. The van der Waals surface area contributed by atoms with Crippen LogP contribution in [0.4, 0.5) is 0 Å². The van der Waals surface area contributed by atoms with Gasteiger partial charge < -0.3 is 9.47 Å². The summed E-state index contributed by atoms with van der Waals surface area (Å²) in [6.45, 7) is 1.58. The highest BCUT2D eigenvalue weighted by molar-refractivity contribution is 9.10. The Balaban J connectivity index is 2.31. The van der Waals surface area contributed by atoms with Crippen LogP contribution in [0.25, 0.3) is 0 Å². The van der Waals surface area contributed by atoms with E-state index in [9.17, 15) is 0 Å². The second-order valence-electron chi connectivity index (χ2n) is 2.72. The van der Waals surface area contributed by atoms with Gasteiger partial charge in [0.15, 0.2) is 0 Å². The Morgan fingerprint density at radius 1 is 1.20 bits per heavy atom. The molecule has 0 aliphatic heterocycles. The Hall–Kier alpha value is 0.0400. The fourth-order valence-corrected chi connectivity index (χ4v) is 1.87. The molecule has 0 spiro atoms. The van der Waals surface area contributed by atoms with E-state index in [1.807, 2.05) is 6.07 Å². The molecule has 0 fully saturated rings. The maximum atomic E-state index is 5.79. The van der Waals surface area contributed by atoms with Gasteiger partial charge in [0.25, 0.3) is 0 Å². The van der Waals surface area contributed by atoms with Gasteiger partial charge in [0.1, 0.15) is 12.4 Å². The molecule has 0 atom stereocenters. The van der Waals surface area contributed by atoms with Crippen molar-refractivity contribution < 1.29 is 9.47 Å². The SMILES string of the molecule is ClCCOCCOc1ccc(Cl)cc1Br. The van der Waals surface area contributed by atoms with Crippen LogP contribution in [0.2, 0.25) is 5.02 Å². The third-order valence-corrected chi connectivity index (χ3v) is 2.61. The van der Waals surface area contributed by atoms with E-state index in [4.69, 9.17) is 32.7 Å². The van der Waals surface area contributed by atoms with Crippen molar-refractivity contribution in [3.63, 3.8) is 0 Å². The predicted molar refractivity (Wildman–Crippen MR) is 66.2 cm³/mol. The highest BCUT2D eigenvalue weighted by atomic mass is 79.9. The Morgan fingerprint density at radius 2 is 2.00 bits per heavy atom. The molecule has 15 heavy (non-hydrogen) atoms. The van der Waals surface area contributed by atoms with Crippen LogP contribution in [-0.4, -0.2) is 25.7 Å². The van der Waals surface area contributed by atoms with Crippen molar-refractivity contribution in [2.45, 2.75) is 0 Å². The molecular formula is C10H11BrCl2O2. The summed E-state index contributed by atoms with van der Waals surface area (Å²) in [6.07, 6.45) is 0. The van der Waals surface area contributed by atoms with Gasteiger partial charge in [-0.3, -0.25) is 0 Å². The van der Waals surface area contributed by atoms with Gasteiger partial charge in [0.2, 0.25) is 0 Å². The number of hydrogen-bond donors (Lipinski definition) is 0. The van der Waals surface area contributed by atoms with Crippen molar-refractivity contribution >= 4 is 39.1 Å². The Bertz CT molecular complexity index is 307. The molecule has 0 saturated carbocycles. The molecule has 0 unspecified atom stereocenters. The molecular weight excluding hydrogens is 303 g/mol. The average Bonchev–Trinajstić information content (AvgIpc) is 2.20. The summed E-state index contributed by atoms with van der Waals surface area (Å²) >= 11 is 14.6. The summed E-state index contributed by atoms with van der Waals surface area (Å²) in [5, 5.41) is 0.674. The van der Waals surface area contributed by atoms with Crippen molar-refractivity contribution in [2.75, 3.05) is 25.7 Å². The molecule has 84 valence electrons. The number of benzene rings is 1. The lowest BCUT2D eigenvalue weighted by Gasteiger charge is -2.08. The Kier molecular flexibility index (Phi) is 6.41. The molecule has 1 aromatic rings. The van der Waals surface area contributed by atoms with Crippen LogP contribution in [0.3, 0.4) is 0 Å². The van der Waals surface area contributed by atoms with Crippen molar-refractivity contribution in [3.05, 3.63) is 27.7 Å². The van der Waals surface area contributed by atoms with Crippen LogP contribution in [0.5, 0.6) is 5.75 Å². The first-order chi connectivity index (χ1) is 7.24. The summed E-state index contributed by atoms with van der Waals surface area (Å²) in [5.74, 6) is 1.26. The van der Waals surface area contributed by atoms with Crippen LogP contribution in [0, 0.1) is 0 Å². The minimum atomic E-state index is 0.497. The van der Waals surface area contributed by atoms with E-state index in [2.05, 4.69) is 15.9 Å². The first-order valence-electron chi connectivity index (χ1n) is 4.45. The fourth-order valence-electron chi connectivity index (χ4n) is 0.959. The van der Waals surface area contributed by atoms with Gasteiger partial charge in [-0.1, -0.05) is 11.6 Å². The maximum Gasteiger partial charge on any atom is 0.133 e. The van der Waals surface area contributed by atoms with E-state index < -0.39 is 0 Å². The van der Waals surface area contributed by atoms with E-state index in [1.54, 1.807) is 12.1 Å². The highest BCUT2D eigenvalue weighted by Crippen LogP contribution is 2.27. The third kappa shape index (κ3) is 5.07. The van der Waals surface area contributed by atoms with Gasteiger partial charge in [-0.05, 0) is 34.1 Å². The molecule has 0 amide bonds. The van der Waals surface area contributed by atoms with Crippen molar-refractivity contribution in [1.29, 1.82) is 0 Å². The van der Waals surface area contributed by atoms with Gasteiger partial charge in [0, 0.05) is 10.9 Å². The zero-order valence-electron chi connectivity index (χ0n) is 8.01. The minimum Gasteiger partial charge on any atom is -0.490 e. The summed E-state index contributed by atoms with van der Waals surface area (Å²) < 4.78 is 11.5. The molecule has 0 bridgehead atoms. The Labute approximate surface area is 108 Å². The molecule has 0 aliphatic carbocycles. The average molecular weight is 314 g/mol. The van der Waals surface area contributed by atoms with Gasteiger partial charge in [-0.25, -0.2) is 0 Å². The van der Waals surface area contributed by atoms with Crippen LogP contribution in [-0.2, 0) is 4.74 Å². The highest BCUT2D eigenvalue weighted by Gasteiger charge is 2.01. The molecule has 0 heterocycles. The molecule has 0 aromatic heterocycles. The van der Waals surface area contributed by atoms with Crippen molar-refractivity contribution in [2.24, 2.45) is 0 Å². The second kappa shape index (κ2) is 7.34. The quantitative estimate of drug-likeness (QED) is 0.588. The largest absolute Gasteiger partial charge is 0.490 e. The fraction of sp³-hybridized carbons (Fsp3) is 0.400. The lowest BCUT2D eigenvalue weighted by Crippen LogP contribution is -2.08. The summed E-state index contributed by atoms with van der Waals surface area (Å²) in [5.41, 5.74) is 0. The molecule has 0 N–H and O–H groups in total. The van der Waals surface area contributed by atoms with Crippen LogP contribution < -0.4 is 4.74 Å². The summed E-state index contributed by atoms with van der Waals surface area (Å²) in [6, 6.07) is 5.38. The minimum absolute atomic E-state index is 0.497. The molecule has 0 aliphatic rings. The summed E-state index contributed by atoms with van der Waals surface area (Å²) in [4.78, 5) is 0. The first kappa shape index (κ1) is 13.1. The smallest absolute Gasteiger partial charge is 0.133 e. The maximum absolute atomic E-state index is 5.79. The zero-order chi connectivity index (χ0) is 11.1.